The molecule has 8 heteroatoms. The highest BCUT2D eigenvalue weighted by Crippen LogP contribution is 2.45. The van der Waals surface area contributed by atoms with Crippen LogP contribution in [-0.2, 0) is 4.74 Å². The smallest absolute Gasteiger partial charge is 0.204 e. The first-order valence-electron chi connectivity index (χ1n) is 10.0. The summed E-state index contributed by atoms with van der Waals surface area (Å²) in [5.74, 6) is 0.637. The van der Waals surface area contributed by atoms with Crippen molar-refractivity contribution < 1.29 is 19.0 Å². The second kappa shape index (κ2) is 9.36. The summed E-state index contributed by atoms with van der Waals surface area (Å²) in [4.78, 5) is 24.7. The van der Waals surface area contributed by atoms with Crippen LogP contribution in [0.25, 0.3) is 11.3 Å². The van der Waals surface area contributed by atoms with E-state index in [1.54, 1.807) is 29.9 Å². The Bertz CT molecular complexity index is 1240. The first kappa shape index (κ1) is 22.4. The van der Waals surface area contributed by atoms with Gasteiger partial charge in [-0.3, -0.25) is 9.59 Å². The molecule has 6 nitrogen and oxygen atoms in total. The van der Waals surface area contributed by atoms with Gasteiger partial charge in [-0.05, 0) is 19.1 Å². The Hall–Kier alpha value is -2.80. The van der Waals surface area contributed by atoms with Crippen molar-refractivity contribution in [3.8, 4) is 22.8 Å². The Balaban J connectivity index is 1.86. The molecule has 0 N–H and O–H groups in total. The van der Waals surface area contributed by atoms with E-state index in [0.29, 0.717) is 58.0 Å². The summed E-state index contributed by atoms with van der Waals surface area (Å²) < 4.78 is 18.9. The largest absolute Gasteiger partial charge is 0.492 e. The van der Waals surface area contributed by atoms with Crippen LogP contribution in [0.2, 0.25) is 10.0 Å². The number of fused-ring (bicyclic) bond motifs is 3. The van der Waals surface area contributed by atoms with E-state index in [1.165, 1.54) is 19.2 Å². The van der Waals surface area contributed by atoms with Crippen LogP contribution < -0.4 is 14.9 Å². The van der Waals surface area contributed by atoms with E-state index in [2.05, 4.69) is 0 Å². The second-order valence-electron chi connectivity index (χ2n) is 7.37. The van der Waals surface area contributed by atoms with Crippen molar-refractivity contribution in [2.45, 2.75) is 19.6 Å². The van der Waals surface area contributed by atoms with Gasteiger partial charge < -0.3 is 18.8 Å². The molecule has 32 heavy (non-hydrogen) atoms. The molecule has 4 rings (SSSR count). The number of hydrogen-bond donors (Lipinski definition) is 0. The third-order valence-electron chi connectivity index (χ3n) is 5.18. The number of nitrogens with zero attached hydrogens (tertiary/aromatic N) is 1. The van der Waals surface area contributed by atoms with Crippen molar-refractivity contribution >= 4 is 29.0 Å². The predicted octanol–water partition coefficient (Wildman–Crippen LogP) is 5.38. The van der Waals surface area contributed by atoms with Gasteiger partial charge in [0.05, 0.1) is 22.9 Å². The van der Waals surface area contributed by atoms with Crippen LogP contribution in [0, 0.1) is 0 Å². The number of pyridine rings is 1. The van der Waals surface area contributed by atoms with Crippen LogP contribution in [0.4, 0.5) is 0 Å². The second-order valence-corrected chi connectivity index (χ2v) is 8.18. The molecule has 0 radical (unpaired) electrons. The molecular weight excluding hydrogens is 453 g/mol. The monoisotopic (exact) mass is 473 g/mol. The van der Waals surface area contributed by atoms with Crippen LogP contribution in [0.3, 0.4) is 0 Å². The summed E-state index contributed by atoms with van der Waals surface area (Å²) in [5.41, 5.74) is 1.58. The molecule has 1 aromatic heterocycles. The van der Waals surface area contributed by atoms with Crippen LogP contribution in [0.5, 0.6) is 11.5 Å². The maximum atomic E-state index is 12.6. The summed E-state index contributed by atoms with van der Waals surface area (Å²) in [6.07, 6.45) is 1.53. The van der Waals surface area contributed by atoms with Crippen LogP contribution >= 0.6 is 23.2 Å². The van der Waals surface area contributed by atoms with Crippen LogP contribution in [0.15, 0.2) is 53.5 Å². The maximum Gasteiger partial charge on any atom is 0.204 e. The highest BCUT2D eigenvalue weighted by Gasteiger charge is 2.30. The molecule has 1 aliphatic heterocycles. The highest BCUT2D eigenvalue weighted by atomic mass is 35.5. The number of carbonyl (C=O) groups excluding carboxylic acids is 1. The molecule has 1 aliphatic rings. The van der Waals surface area contributed by atoms with Gasteiger partial charge >= 0.3 is 0 Å². The number of ketones is 1. The average Bonchev–Trinajstić information content (AvgIpc) is 2.76. The molecule has 0 spiro atoms. The number of hydrogen-bond acceptors (Lipinski definition) is 5. The molecule has 0 saturated heterocycles. The lowest BCUT2D eigenvalue weighted by atomic mass is 10.0. The van der Waals surface area contributed by atoms with Gasteiger partial charge in [0.1, 0.15) is 11.5 Å². The quantitative estimate of drug-likeness (QED) is 0.340. The first-order valence-corrected chi connectivity index (χ1v) is 10.8. The number of Topliss-reactive ketones (excluding diaryl/α,β-unsaturated/α-hetero) is 1. The topological polar surface area (TPSA) is 66.8 Å². The Morgan fingerprint density at radius 1 is 1.12 bits per heavy atom. The summed E-state index contributed by atoms with van der Waals surface area (Å²) in [7, 11) is 1.63. The number of aromatic nitrogens is 1. The van der Waals surface area contributed by atoms with E-state index in [-0.39, 0.29) is 16.8 Å². The number of carbonyl (C=O) groups is 1. The molecule has 1 atom stereocenters. The summed E-state index contributed by atoms with van der Waals surface area (Å²) >= 11 is 12.9. The van der Waals surface area contributed by atoms with Crippen molar-refractivity contribution in [3.05, 3.63) is 80.1 Å². The van der Waals surface area contributed by atoms with Crippen molar-refractivity contribution in [2.24, 2.45) is 0 Å². The Morgan fingerprint density at radius 2 is 1.91 bits per heavy atom. The van der Waals surface area contributed by atoms with Crippen LogP contribution in [0.1, 0.15) is 35.5 Å². The number of halogens is 2. The van der Waals surface area contributed by atoms with E-state index in [4.69, 9.17) is 37.4 Å². The van der Waals surface area contributed by atoms with Gasteiger partial charge in [-0.2, -0.15) is 0 Å². The van der Waals surface area contributed by atoms with E-state index < -0.39 is 6.23 Å². The maximum absolute atomic E-state index is 12.6. The van der Waals surface area contributed by atoms with Crippen molar-refractivity contribution in [2.75, 3.05) is 20.3 Å². The molecule has 2 heterocycles. The first-order chi connectivity index (χ1) is 15.4. The fraction of sp³-hybridized carbons (Fsp3) is 0.250. The van der Waals surface area contributed by atoms with Gasteiger partial charge in [0.25, 0.3) is 0 Å². The van der Waals surface area contributed by atoms with E-state index in [0.717, 1.165) is 0 Å². The summed E-state index contributed by atoms with van der Waals surface area (Å²) in [5, 5.41) is 0.885. The lowest BCUT2D eigenvalue weighted by Gasteiger charge is -2.32. The standard InChI is InChI=1S/C24H21Cl2NO5/c1-14(28)17-13-27-20(11-21(17)29)16-10-19(26)23(31-9-5-8-30-2)12-22(16)32-24(27)15-6-3-4-7-18(15)25/h3-4,6-7,10-13,24H,5,8-9H2,1-2H3. The minimum absolute atomic E-state index is 0.0713. The average molecular weight is 474 g/mol. The minimum Gasteiger partial charge on any atom is -0.492 e. The number of methoxy groups -OCH3 is 1. The molecular formula is C24H21Cl2NO5. The molecule has 0 fully saturated rings. The highest BCUT2D eigenvalue weighted by molar-refractivity contribution is 6.32. The summed E-state index contributed by atoms with van der Waals surface area (Å²) in [6, 6.07) is 12.1. The molecule has 0 saturated carbocycles. The number of ether oxygens (including phenoxy) is 3. The predicted molar refractivity (Wildman–Crippen MR) is 123 cm³/mol. The fourth-order valence-corrected chi connectivity index (χ4v) is 4.07. The molecule has 2 aromatic carbocycles. The van der Waals surface area contributed by atoms with Gasteiger partial charge in [0.2, 0.25) is 6.23 Å². The van der Waals surface area contributed by atoms with Crippen molar-refractivity contribution in [1.29, 1.82) is 0 Å². The van der Waals surface area contributed by atoms with Gasteiger partial charge in [-0.25, -0.2) is 0 Å². The third kappa shape index (κ3) is 4.26. The fourth-order valence-electron chi connectivity index (χ4n) is 3.62. The van der Waals surface area contributed by atoms with E-state index in [9.17, 15) is 9.59 Å². The summed E-state index contributed by atoms with van der Waals surface area (Å²) in [6.45, 7) is 2.36. The van der Waals surface area contributed by atoms with Crippen molar-refractivity contribution in [1.82, 2.24) is 4.57 Å². The lowest BCUT2D eigenvalue weighted by Crippen LogP contribution is -2.27. The zero-order valence-corrected chi connectivity index (χ0v) is 19.1. The molecule has 0 bridgehead atoms. The normalized spacial score (nSPS) is 14.3. The Morgan fingerprint density at radius 3 is 2.62 bits per heavy atom. The Labute approximate surface area is 195 Å². The van der Waals surface area contributed by atoms with Crippen molar-refractivity contribution in [3.63, 3.8) is 0 Å². The molecule has 3 aromatic rings. The number of rotatable bonds is 7. The molecule has 0 amide bonds. The lowest BCUT2D eigenvalue weighted by molar-refractivity contribution is 0.101. The van der Waals surface area contributed by atoms with Gasteiger partial charge in [-0.1, -0.05) is 41.4 Å². The van der Waals surface area contributed by atoms with Gasteiger partial charge in [0.15, 0.2) is 11.2 Å². The minimum atomic E-state index is -0.688. The van der Waals surface area contributed by atoms with Crippen LogP contribution in [-0.4, -0.2) is 30.7 Å². The van der Waals surface area contributed by atoms with Gasteiger partial charge in [-0.15, -0.1) is 0 Å². The number of benzene rings is 2. The zero-order chi connectivity index (χ0) is 22.8. The molecule has 1 unspecified atom stereocenters. The van der Waals surface area contributed by atoms with Gasteiger partial charge in [0, 0.05) is 54.6 Å². The zero-order valence-electron chi connectivity index (χ0n) is 17.6. The SMILES string of the molecule is COCCCOc1cc2c(cc1Cl)-c1cc(=O)c(C(C)=O)cn1C(c1ccccc1Cl)O2. The molecule has 0 aliphatic carbocycles. The molecule has 166 valence electrons. The van der Waals surface area contributed by atoms with E-state index in [1.807, 2.05) is 18.2 Å². The Kier molecular flexibility index (Phi) is 6.55. The van der Waals surface area contributed by atoms with E-state index >= 15 is 0 Å². The third-order valence-corrected chi connectivity index (χ3v) is 5.82.